The number of unbranched alkanes of at least 4 members (excludes halogenated alkanes) is 4. The lowest BCUT2D eigenvalue weighted by Crippen LogP contribution is -2.50. The van der Waals surface area contributed by atoms with Crippen LogP contribution >= 0.6 is 34.4 Å². The minimum Gasteiger partial charge on any atom is -0.504 e. The topological polar surface area (TPSA) is 86.5 Å². The number of ether oxygens (including phenoxy) is 1. The van der Waals surface area contributed by atoms with Crippen LogP contribution in [0.1, 0.15) is 50.8 Å². The second-order valence-corrected chi connectivity index (χ2v) is 10.1. The Morgan fingerprint density at radius 1 is 1.21 bits per heavy atom. The summed E-state index contributed by atoms with van der Waals surface area (Å²) in [5.41, 5.74) is 1.25. The number of fused-ring (bicyclic) bond motifs is 2. The number of phenols is 1. The summed E-state index contributed by atoms with van der Waals surface area (Å²) in [4.78, 5) is 18.1. The number of thioether (sulfide) groups is 1. The van der Waals surface area contributed by atoms with Gasteiger partial charge in [0.2, 0.25) is 0 Å². The maximum atomic E-state index is 13.2. The van der Waals surface area contributed by atoms with Crippen molar-refractivity contribution in [3.05, 3.63) is 56.1 Å². The molecule has 2 aliphatic heterocycles. The number of phenolic OH excluding ortho intramolecular Hbond substituents is 1. The van der Waals surface area contributed by atoms with E-state index in [1.807, 2.05) is 30.3 Å². The Labute approximate surface area is 211 Å². The van der Waals surface area contributed by atoms with Crippen molar-refractivity contribution in [2.24, 2.45) is 10.1 Å². The second-order valence-electron chi connectivity index (χ2n) is 7.89. The highest BCUT2D eigenvalue weighted by molar-refractivity contribution is 14.1. The Hall–Kier alpha value is -2.27. The highest BCUT2D eigenvalue weighted by Gasteiger charge is 2.35. The monoisotopic (exact) mass is 578 g/mol. The van der Waals surface area contributed by atoms with Crippen molar-refractivity contribution in [3.63, 3.8) is 0 Å². The van der Waals surface area contributed by atoms with E-state index < -0.39 is 6.17 Å². The number of hydrazone groups is 1. The van der Waals surface area contributed by atoms with Crippen LogP contribution in [-0.2, 0) is 4.79 Å². The molecule has 0 fully saturated rings. The zero-order valence-electron chi connectivity index (χ0n) is 18.7. The first-order chi connectivity index (χ1) is 16.0. The van der Waals surface area contributed by atoms with Crippen LogP contribution in [0.15, 0.2) is 46.5 Å². The van der Waals surface area contributed by atoms with Crippen LogP contribution in [0.5, 0.6) is 11.5 Å². The Morgan fingerprint density at radius 2 is 2.00 bits per heavy atom. The first-order valence-corrected chi connectivity index (χ1v) is 13.2. The zero-order chi connectivity index (χ0) is 23.4. The number of hydrogen-bond acceptors (Lipinski definition) is 7. The van der Waals surface area contributed by atoms with Gasteiger partial charge in [-0.2, -0.15) is 0 Å². The molecule has 2 aromatic rings. The minimum absolute atomic E-state index is 0.0847. The number of methoxy groups -OCH3 is 1. The largest absolute Gasteiger partial charge is 0.504 e. The fourth-order valence-corrected chi connectivity index (χ4v) is 5.36. The van der Waals surface area contributed by atoms with Gasteiger partial charge in [0.15, 0.2) is 22.8 Å². The summed E-state index contributed by atoms with van der Waals surface area (Å²) in [7, 11) is 1.52. The third kappa shape index (κ3) is 5.13. The van der Waals surface area contributed by atoms with Crippen LogP contribution in [0.4, 0.5) is 0 Å². The van der Waals surface area contributed by atoms with Crippen LogP contribution in [0, 0.1) is 3.57 Å². The molecule has 9 heteroatoms. The number of amides is 1. The van der Waals surface area contributed by atoms with E-state index in [1.54, 1.807) is 22.8 Å². The number of halogens is 1. The molecule has 7 nitrogen and oxygen atoms in total. The molecular weight excluding hydrogens is 551 g/mol. The van der Waals surface area contributed by atoms with Crippen molar-refractivity contribution >= 4 is 51.1 Å². The summed E-state index contributed by atoms with van der Waals surface area (Å²) in [6, 6.07) is 11.2. The van der Waals surface area contributed by atoms with E-state index in [0.717, 1.165) is 28.3 Å². The van der Waals surface area contributed by atoms with Crippen LogP contribution in [-0.4, -0.2) is 34.1 Å². The number of carbonyl (C=O) groups excluding carboxylic acids is 1. The van der Waals surface area contributed by atoms with Gasteiger partial charge >= 0.3 is 0 Å². The van der Waals surface area contributed by atoms with Gasteiger partial charge in [-0.15, -0.1) is 5.10 Å². The van der Waals surface area contributed by atoms with Gasteiger partial charge in [0, 0.05) is 16.5 Å². The lowest BCUT2D eigenvalue weighted by atomic mass is 10.1. The van der Waals surface area contributed by atoms with Crippen molar-refractivity contribution in [1.82, 2.24) is 10.3 Å². The first kappa shape index (κ1) is 23.9. The molecule has 2 N–H and O–H groups in total. The van der Waals surface area contributed by atoms with Gasteiger partial charge in [0.25, 0.3) is 5.91 Å². The average molecular weight is 578 g/mol. The third-order valence-corrected chi connectivity index (χ3v) is 7.34. The van der Waals surface area contributed by atoms with Gasteiger partial charge in [-0.25, -0.2) is 5.01 Å². The van der Waals surface area contributed by atoms with E-state index in [2.05, 4.69) is 34.8 Å². The predicted octanol–water partition coefficient (Wildman–Crippen LogP) is 3.85. The molecule has 0 bridgehead atoms. The molecule has 174 valence electrons. The van der Waals surface area contributed by atoms with Crippen molar-refractivity contribution < 1.29 is 14.6 Å². The van der Waals surface area contributed by atoms with E-state index >= 15 is 0 Å². The molecule has 1 unspecified atom stereocenters. The third-order valence-electron chi connectivity index (χ3n) is 5.57. The number of hydrogen-bond donors (Lipinski definition) is 2. The fourth-order valence-electron chi connectivity index (χ4n) is 3.88. The molecule has 0 spiro atoms. The standard InChI is InChI=1S/C24H27IN4O3S/c1-3-4-5-6-9-12-33-24-27-23(31)20-16-10-7-8-11-18(16)26-22(29(20)28-24)15-13-17(25)21(30)19(14-15)32-2/h7-8,10-11,13-14,22,30H,3-6,9,12H2,1-2H3,(H,27,28,31). The lowest BCUT2D eigenvalue weighted by Gasteiger charge is -2.34. The van der Waals surface area contributed by atoms with E-state index in [1.165, 1.54) is 32.8 Å². The number of para-hydroxylation sites is 1. The summed E-state index contributed by atoms with van der Waals surface area (Å²) in [5, 5.41) is 21.8. The number of nitrogens with zero attached hydrogens (tertiary/aromatic N) is 3. The number of amidine groups is 1. The zero-order valence-corrected chi connectivity index (χ0v) is 21.6. The summed E-state index contributed by atoms with van der Waals surface area (Å²) in [5.74, 6) is 1.15. The molecular formula is C24H27IN4O3S. The van der Waals surface area contributed by atoms with Crippen LogP contribution in [0.2, 0.25) is 0 Å². The van der Waals surface area contributed by atoms with E-state index in [-0.39, 0.29) is 11.7 Å². The van der Waals surface area contributed by atoms with Crippen LogP contribution < -0.4 is 20.6 Å². The molecule has 2 aromatic carbocycles. The van der Waals surface area contributed by atoms with Crippen molar-refractivity contribution in [2.75, 3.05) is 12.9 Å². The molecule has 0 aliphatic carbocycles. The van der Waals surface area contributed by atoms with Crippen molar-refractivity contribution in [3.8, 4) is 11.5 Å². The highest BCUT2D eigenvalue weighted by atomic mass is 127. The van der Waals surface area contributed by atoms with Gasteiger partial charge < -0.3 is 9.84 Å². The Morgan fingerprint density at radius 3 is 2.79 bits per heavy atom. The Bertz CT molecular complexity index is 1200. The molecule has 0 saturated carbocycles. The molecule has 0 aromatic heterocycles. The van der Waals surface area contributed by atoms with Gasteiger partial charge in [0.1, 0.15) is 5.70 Å². The summed E-state index contributed by atoms with van der Waals surface area (Å²) >= 11 is 3.63. The lowest BCUT2D eigenvalue weighted by molar-refractivity contribution is -0.116. The molecule has 0 radical (unpaired) electrons. The summed E-state index contributed by atoms with van der Waals surface area (Å²) < 4.78 is 6.00. The Kier molecular flexibility index (Phi) is 7.79. The number of nitrogens with one attached hydrogen (secondary N) is 1. The van der Waals surface area contributed by atoms with Gasteiger partial charge in [-0.3, -0.25) is 15.1 Å². The smallest absolute Gasteiger partial charge is 0.276 e. The minimum atomic E-state index is -0.552. The van der Waals surface area contributed by atoms with Crippen LogP contribution in [0.3, 0.4) is 0 Å². The second kappa shape index (κ2) is 10.8. The van der Waals surface area contributed by atoms with Crippen LogP contribution in [0.25, 0.3) is 5.70 Å². The van der Waals surface area contributed by atoms with Gasteiger partial charge in [0.05, 0.1) is 16.0 Å². The number of carbonyl (C=O) groups is 1. The molecule has 1 atom stereocenters. The molecule has 4 rings (SSSR count). The molecule has 2 aliphatic rings. The van der Waals surface area contributed by atoms with Gasteiger partial charge in [-0.05, 0) is 47.2 Å². The summed E-state index contributed by atoms with van der Waals surface area (Å²) in [6.45, 7) is 2.21. The SMILES string of the molecule is CCCCCCCSC1=NN2C(=c3ccccc3=NC2c2cc(I)c(O)c(OC)c2)C(=O)N1. The van der Waals surface area contributed by atoms with Crippen molar-refractivity contribution in [2.45, 2.75) is 45.2 Å². The summed E-state index contributed by atoms with van der Waals surface area (Å²) in [6.07, 6.45) is 5.42. The molecule has 33 heavy (non-hydrogen) atoms. The maximum Gasteiger partial charge on any atom is 0.276 e. The van der Waals surface area contributed by atoms with E-state index in [4.69, 9.17) is 14.8 Å². The number of rotatable bonds is 8. The number of aromatic hydroxyl groups is 1. The maximum absolute atomic E-state index is 13.2. The van der Waals surface area contributed by atoms with E-state index in [0.29, 0.717) is 20.2 Å². The fraction of sp³-hybridized carbons (Fsp3) is 0.375. The average Bonchev–Trinajstić information content (AvgIpc) is 2.82. The predicted molar refractivity (Wildman–Crippen MR) is 139 cm³/mol. The van der Waals surface area contributed by atoms with E-state index in [9.17, 15) is 9.90 Å². The van der Waals surface area contributed by atoms with Gasteiger partial charge in [-0.1, -0.05) is 62.6 Å². The molecule has 1 amide bonds. The molecule has 2 heterocycles. The quantitative estimate of drug-likeness (QED) is 0.367. The normalized spacial score (nSPS) is 17.0. The van der Waals surface area contributed by atoms with Crippen molar-refractivity contribution in [1.29, 1.82) is 0 Å². The highest BCUT2D eigenvalue weighted by Crippen LogP contribution is 2.38. The first-order valence-electron chi connectivity index (χ1n) is 11.1. The molecule has 0 saturated heterocycles. The number of benzene rings is 2. The Balaban J connectivity index is 1.70.